The monoisotopic (exact) mass is 321 g/mol. The minimum atomic E-state index is 0.719. The van der Waals surface area contributed by atoms with Crippen molar-refractivity contribution in [1.82, 2.24) is 9.80 Å². The summed E-state index contributed by atoms with van der Waals surface area (Å²) in [6.07, 6.45) is 7.29. The van der Waals surface area contributed by atoms with Gasteiger partial charge in [-0.05, 0) is 69.1 Å². The van der Waals surface area contributed by atoms with Crippen LogP contribution in [0.5, 0.6) is 0 Å². The SMILES string of the molecule is CN(CCc1cscc1NC=O)C1CCN(CC2CC2)CC1. The highest BCUT2D eigenvalue weighted by Crippen LogP contribution is 2.31. The number of nitrogens with zero attached hydrogens (tertiary/aromatic N) is 2. The Morgan fingerprint density at radius 3 is 2.77 bits per heavy atom. The number of anilines is 1. The molecule has 0 unspecified atom stereocenters. The van der Waals surface area contributed by atoms with Crippen molar-refractivity contribution in [3.05, 3.63) is 16.3 Å². The number of carbonyl (C=O) groups excluding carboxylic acids is 1. The van der Waals surface area contributed by atoms with Gasteiger partial charge < -0.3 is 15.1 Å². The van der Waals surface area contributed by atoms with Crippen molar-refractivity contribution < 1.29 is 4.79 Å². The molecule has 0 aromatic carbocycles. The van der Waals surface area contributed by atoms with Crippen LogP contribution in [0.15, 0.2) is 10.8 Å². The molecular weight excluding hydrogens is 294 g/mol. The Balaban J connectivity index is 1.41. The second-order valence-corrected chi connectivity index (χ2v) is 7.52. The molecule has 0 bridgehead atoms. The normalized spacial score (nSPS) is 20.5. The van der Waals surface area contributed by atoms with Crippen molar-refractivity contribution in [2.24, 2.45) is 5.92 Å². The van der Waals surface area contributed by atoms with Crippen molar-refractivity contribution >= 4 is 23.4 Å². The number of nitrogens with one attached hydrogen (secondary N) is 1. The van der Waals surface area contributed by atoms with E-state index in [9.17, 15) is 4.79 Å². The van der Waals surface area contributed by atoms with Crippen LogP contribution in [0.4, 0.5) is 5.69 Å². The highest BCUT2D eigenvalue weighted by Gasteiger charge is 2.28. The highest BCUT2D eigenvalue weighted by molar-refractivity contribution is 7.08. The summed E-state index contributed by atoms with van der Waals surface area (Å²) in [5.41, 5.74) is 2.24. The van der Waals surface area contributed by atoms with E-state index in [2.05, 4.69) is 27.5 Å². The Bertz CT molecular complexity index is 478. The fourth-order valence-electron chi connectivity index (χ4n) is 3.39. The van der Waals surface area contributed by atoms with Crippen LogP contribution in [0.25, 0.3) is 0 Å². The first-order valence-electron chi connectivity index (χ1n) is 8.44. The van der Waals surface area contributed by atoms with E-state index in [0.717, 1.165) is 37.0 Å². The largest absolute Gasteiger partial charge is 0.328 e. The van der Waals surface area contributed by atoms with Crippen LogP contribution in [0.1, 0.15) is 31.2 Å². The van der Waals surface area contributed by atoms with Gasteiger partial charge in [0, 0.05) is 24.5 Å². The van der Waals surface area contributed by atoms with Crippen LogP contribution in [0.3, 0.4) is 0 Å². The van der Waals surface area contributed by atoms with Crippen LogP contribution in [0, 0.1) is 5.92 Å². The number of piperidine rings is 1. The van der Waals surface area contributed by atoms with Gasteiger partial charge in [-0.1, -0.05) is 0 Å². The molecule has 1 amide bonds. The lowest BCUT2D eigenvalue weighted by atomic mass is 10.0. The summed E-state index contributed by atoms with van der Waals surface area (Å²) >= 11 is 1.66. The molecule has 1 aliphatic heterocycles. The molecule has 22 heavy (non-hydrogen) atoms. The van der Waals surface area contributed by atoms with Gasteiger partial charge >= 0.3 is 0 Å². The number of amides is 1. The molecule has 3 rings (SSSR count). The molecule has 2 fully saturated rings. The van der Waals surface area contributed by atoms with Crippen molar-refractivity contribution in [2.75, 3.05) is 38.5 Å². The first-order valence-corrected chi connectivity index (χ1v) is 9.38. The first kappa shape index (κ1) is 16.0. The van der Waals surface area contributed by atoms with Crippen LogP contribution >= 0.6 is 11.3 Å². The molecule has 0 atom stereocenters. The predicted octanol–water partition coefficient (Wildman–Crippen LogP) is 2.67. The van der Waals surface area contributed by atoms with E-state index >= 15 is 0 Å². The summed E-state index contributed by atoms with van der Waals surface area (Å²) in [7, 11) is 2.25. The summed E-state index contributed by atoms with van der Waals surface area (Å²) in [4.78, 5) is 15.8. The van der Waals surface area contributed by atoms with Gasteiger partial charge in [0.2, 0.25) is 6.41 Å². The number of hydrogen-bond donors (Lipinski definition) is 1. The summed E-state index contributed by atoms with van der Waals surface area (Å²) in [6, 6.07) is 0.719. The van der Waals surface area contributed by atoms with Crippen molar-refractivity contribution in [3.8, 4) is 0 Å². The molecule has 2 aliphatic rings. The molecule has 4 nitrogen and oxygen atoms in total. The van der Waals surface area contributed by atoms with Crippen molar-refractivity contribution in [3.63, 3.8) is 0 Å². The maximum absolute atomic E-state index is 10.6. The minimum absolute atomic E-state index is 0.719. The number of hydrogen-bond acceptors (Lipinski definition) is 4. The van der Waals surface area contributed by atoms with Gasteiger partial charge in [0.25, 0.3) is 0 Å². The minimum Gasteiger partial charge on any atom is -0.328 e. The number of carbonyl (C=O) groups is 1. The third-order valence-electron chi connectivity index (χ3n) is 5.08. The maximum Gasteiger partial charge on any atom is 0.211 e. The van der Waals surface area contributed by atoms with Crippen LogP contribution in [-0.2, 0) is 11.2 Å². The Hall–Kier alpha value is -0.910. The Morgan fingerprint density at radius 2 is 2.09 bits per heavy atom. The number of likely N-dealkylation sites (N-methyl/N-ethyl adjacent to an activating group) is 1. The smallest absolute Gasteiger partial charge is 0.211 e. The van der Waals surface area contributed by atoms with Gasteiger partial charge in [-0.15, -0.1) is 11.3 Å². The summed E-state index contributed by atoms with van der Waals surface area (Å²) in [5, 5.41) is 6.96. The van der Waals surface area contributed by atoms with Gasteiger partial charge in [0.05, 0.1) is 5.69 Å². The second kappa shape index (κ2) is 7.57. The number of thiophene rings is 1. The zero-order chi connectivity index (χ0) is 15.4. The molecule has 122 valence electrons. The third kappa shape index (κ3) is 4.31. The van der Waals surface area contributed by atoms with E-state index in [1.165, 1.54) is 50.9 Å². The Kier molecular flexibility index (Phi) is 5.50. The van der Waals surface area contributed by atoms with Gasteiger partial charge in [0.1, 0.15) is 0 Å². The van der Waals surface area contributed by atoms with E-state index in [1.807, 2.05) is 5.38 Å². The van der Waals surface area contributed by atoms with Gasteiger partial charge in [-0.2, -0.15) is 0 Å². The van der Waals surface area contributed by atoms with Crippen molar-refractivity contribution in [1.29, 1.82) is 0 Å². The summed E-state index contributed by atoms with van der Waals surface area (Å²) in [5.74, 6) is 1.01. The average Bonchev–Trinajstić information content (AvgIpc) is 3.23. The van der Waals surface area contributed by atoms with E-state index in [1.54, 1.807) is 11.3 Å². The molecule has 1 saturated carbocycles. The summed E-state index contributed by atoms with van der Waals surface area (Å²) in [6.45, 7) is 4.94. The third-order valence-corrected chi connectivity index (χ3v) is 5.88. The summed E-state index contributed by atoms with van der Waals surface area (Å²) < 4.78 is 0. The predicted molar refractivity (Wildman–Crippen MR) is 92.5 cm³/mol. The molecule has 2 heterocycles. The molecule has 1 saturated heterocycles. The highest BCUT2D eigenvalue weighted by atomic mass is 32.1. The van der Waals surface area contributed by atoms with Crippen molar-refractivity contribution in [2.45, 2.75) is 38.1 Å². The molecule has 0 spiro atoms. The molecular formula is C17H27N3OS. The lowest BCUT2D eigenvalue weighted by molar-refractivity contribution is -0.105. The van der Waals surface area contributed by atoms with Crippen LogP contribution < -0.4 is 5.32 Å². The quantitative estimate of drug-likeness (QED) is 0.748. The molecule has 0 radical (unpaired) electrons. The maximum atomic E-state index is 10.6. The molecule has 1 aliphatic carbocycles. The van der Waals surface area contributed by atoms with E-state index in [-0.39, 0.29) is 0 Å². The van der Waals surface area contributed by atoms with Crippen LogP contribution in [0.2, 0.25) is 0 Å². The number of likely N-dealkylation sites (tertiary alicyclic amines) is 1. The zero-order valence-electron chi connectivity index (χ0n) is 13.5. The van der Waals surface area contributed by atoms with E-state index in [0.29, 0.717) is 0 Å². The van der Waals surface area contributed by atoms with E-state index < -0.39 is 0 Å². The van der Waals surface area contributed by atoms with Crippen LogP contribution in [-0.4, -0.2) is 55.5 Å². The second-order valence-electron chi connectivity index (χ2n) is 6.78. The zero-order valence-corrected chi connectivity index (χ0v) is 14.3. The number of rotatable bonds is 8. The Morgan fingerprint density at radius 1 is 1.32 bits per heavy atom. The topological polar surface area (TPSA) is 35.6 Å². The molecule has 1 aromatic rings. The van der Waals surface area contributed by atoms with Gasteiger partial charge in [-0.3, -0.25) is 4.79 Å². The molecule has 1 N–H and O–H groups in total. The molecule has 1 aromatic heterocycles. The first-order chi connectivity index (χ1) is 10.8. The lowest BCUT2D eigenvalue weighted by Crippen LogP contribution is -2.44. The van der Waals surface area contributed by atoms with Gasteiger partial charge in [-0.25, -0.2) is 0 Å². The van der Waals surface area contributed by atoms with E-state index in [4.69, 9.17) is 0 Å². The lowest BCUT2D eigenvalue weighted by Gasteiger charge is -2.36. The average molecular weight is 321 g/mol. The molecule has 5 heteroatoms. The fourth-order valence-corrected chi connectivity index (χ4v) is 4.23. The fraction of sp³-hybridized carbons (Fsp3) is 0.706. The van der Waals surface area contributed by atoms with Gasteiger partial charge in [0.15, 0.2) is 0 Å². The Labute approximate surface area is 137 Å². The standard InChI is InChI=1S/C17H27N3OS/c1-19(7-4-15-11-22-12-17(15)18-13-21)16-5-8-20(9-6-16)10-14-2-3-14/h11-14,16H,2-10H2,1H3,(H,18,21).